The van der Waals surface area contributed by atoms with Gasteiger partial charge in [0.15, 0.2) is 0 Å². The van der Waals surface area contributed by atoms with Gasteiger partial charge in [-0.2, -0.15) is 0 Å². The molecule has 2 N–H and O–H groups in total. The Balaban J connectivity index is 3.17. The lowest BCUT2D eigenvalue weighted by molar-refractivity contribution is 0.818. The summed E-state index contributed by atoms with van der Waals surface area (Å²) in [6.07, 6.45) is 0. The summed E-state index contributed by atoms with van der Waals surface area (Å²) < 4.78 is 0. The van der Waals surface area contributed by atoms with E-state index in [4.69, 9.17) is 28.9 Å². The van der Waals surface area contributed by atoms with E-state index in [9.17, 15) is 0 Å². The molecule has 0 fully saturated rings. The predicted molar refractivity (Wildman–Crippen MR) is 49.1 cm³/mol. The molecule has 1 aromatic carbocycles. The highest BCUT2D eigenvalue weighted by Crippen LogP contribution is 2.28. The topological polar surface area (TPSA) is 26.0 Å². The molecule has 0 heterocycles. The normalized spacial score (nSPS) is 13.1. The highest BCUT2D eigenvalue weighted by molar-refractivity contribution is 6.42. The van der Waals surface area contributed by atoms with Crippen LogP contribution in [0.4, 0.5) is 0 Å². The van der Waals surface area contributed by atoms with E-state index in [1.54, 1.807) is 6.07 Å². The van der Waals surface area contributed by atoms with Gasteiger partial charge in [0.1, 0.15) is 0 Å². The van der Waals surface area contributed by atoms with E-state index >= 15 is 0 Å². The molecular formula is C8H9Cl2N. The molecule has 0 saturated heterocycles. The first-order valence-electron chi connectivity index (χ1n) is 3.32. The van der Waals surface area contributed by atoms with Crippen LogP contribution in [0.1, 0.15) is 18.5 Å². The zero-order chi connectivity index (χ0) is 8.43. The molecule has 0 aromatic heterocycles. The molecule has 0 saturated carbocycles. The van der Waals surface area contributed by atoms with E-state index in [1.807, 2.05) is 19.1 Å². The van der Waals surface area contributed by atoms with Crippen molar-refractivity contribution in [2.45, 2.75) is 13.0 Å². The summed E-state index contributed by atoms with van der Waals surface area (Å²) in [7, 11) is 0. The zero-order valence-electron chi connectivity index (χ0n) is 6.14. The summed E-state index contributed by atoms with van der Waals surface area (Å²) in [6, 6.07) is 5.39. The minimum absolute atomic E-state index is 0.0683. The van der Waals surface area contributed by atoms with E-state index in [-0.39, 0.29) is 6.04 Å². The summed E-state index contributed by atoms with van der Waals surface area (Å²) in [6.45, 7) is 1.87. The second-order valence-corrected chi connectivity index (χ2v) is 3.22. The van der Waals surface area contributed by atoms with Crippen molar-refractivity contribution in [1.82, 2.24) is 0 Å². The second-order valence-electron chi connectivity index (χ2n) is 2.43. The lowest BCUT2D eigenvalue weighted by atomic mass is 10.1. The first kappa shape index (κ1) is 8.85. The van der Waals surface area contributed by atoms with Crippen molar-refractivity contribution in [3.05, 3.63) is 33.8 Å². The van der Waals surface area contributed by atoms with E-state index < -0.39 is 0 Å². The van der Waals surface area contributed by atoms with Crippen LogP contribution in [0.3, 0.4) is 0 Å². The van der Waals surface area contributed by atoms with Gasteiger partial charge in [-0.3, -0.25) is 0 Å². The fraction of sp³-hybridized carbons (Fsp3) is 0.250. The third kappa shape index (κ3) is 1.86. The Morgan fingerprint density at radius 2 is 2.00 bits per heavy atom. The van der Waals surface area contributed by atoms with Gasteiger partial charge < -0.3 is 5.73 Å². The Labute approximate surface area is 76.1 Å². The van der Waals surface area contributed by atoms with Crippen LogP contribution in [-0.2, 0) is 0 Å². The number of nitrogens with two attached hydrogens (primary N) is 1. The standard InChI is InChI=1S/C8H9Cl2N/c1-5(11)6-3-2-4-7(9)8(6)10/h2-5H,11H2,1H3/t5-/m0/s1. The Morgan fingerprint density at radius 1 is 1.36 bits per heavy atom. The van der Waals surface area contributed by atoms with Crippen LogP contribution >= 0.6 is 23.2 Å². The van der Waals surface area contributed by atoms with Crippen molar-refractivity contribution in [3.8, 4) is 0 Å². The third-order valence-electron chi connectivity index (χ3n) is 1.47. The molecule has 1 nitrogen and oxygen atoms in total. The van der Waals surface area contributed by atoms with Gasteiger partial charge in [-0.1, -0.05) is 35.3 Å². The second kappa shape index (κ2) is 3.44. The van der Waals surface area contributed by atoms with Crippen molar-refractivity contribution < 1.29 is 0 Å². The lowest BCUT2D eigenvalue weighted by Gasteiger charge is -2.08. The van der Waals surface area contributed by atoms with Gasteiger partial charge >= 0.3 is 0 Å². The number of hydrogen-bond donors (Lipinski definition) is 1. The molecule has 0 radical (unpaired) electrons. The Kier molecular flexibility index (Phi) is 2.77. The van der Waals surface area contributed by atoms with E-state index in [1.165, 1.54) is 0 Å². The maximum atomic E-state index is 5.88. The average Bonchev–Trinajstić information content (AvgIpc) is 1.94. The largest absolute Gasteiger partial charge is 0.324 e. The van der Waals surface area contributed by atoms with Crippen molar-refractivity contribution in [2.75, 3.05) is 0 Å². The molecule has 0 bridgehead atoms. The molecular weight excluding hydrogens is 181 g/mol. The van der Waals surface area contributed by atoms with Crippen molar-refractivity contribution in [3.63, 3.8) is 0 Å². The van der Waals surface area contributed by atoms with Crippen LogP contribution in [0.2, 0.25) is 10.0 Å². The molecule has 0 spiro atoms. The summed E-state index contributed by atoms with van der Waals surface area (Å²) in [5, 5.41) is 1.12. The highest BCUT2D eigenvalue weighted by atomic mass is 35.5. The van der Waals surface area contributed by atoms with Gasteiger partial charge in [0, 0.05) is 6.04 Å². The first-order chi connectivity index (χ1) is 5.13. The molecule has 11 heavy (non-hydrogen) atoms. The van der Waals surface area contributed by atoms with Crippen molar-refractivity contribution in [2.24, 2.45) is 5.73 Å². The van der Waals surface area contributed by atoms with Gasteiger partial charge in [0.05, 0.1) is 10.0 Å². The van der Waals surface area contributed by atoms with Crippen molar-refractivity contribution >= 4 is 23.2 Å². The average molecular weight is 190 g/mol. The minimum atomic E-state index is -0.0683. The monoisotopic (exact) mass is 189 g/mol. The molecule has 1 rings (SSSR count). The van der Waals surface area contributed by atoms with E-state index in [0.717, 1.165) is 5.56 Å². The number of halogens is 2. The third-order valence-corrected chi connectivity index (χ3v) is 2.31. The lowest BCUT2D eigenvalue weighted by Crippen LogP contribution is -2.05. The smallest absolute Gasteiger partial charge is 0.0639 e. The van der Waals surface area contributed by atoms with Crippen molar-refractivity contribution in [1.29, 1.82) is 0 Å². The van der Waals surface area contributed by atoms with Crippen LogP contribution in [0, 0.1) is 0 Å². The Bertz CT molecular complexity index is 258. The predicted octanol–water partition coefficient (Wildman–Crippen LogP) is 3.01. The van der Waals surface area contributed by atoms with Crippen LogP contribution < -0.4 is 5.73 Å². The van der Waals surface area contributed by atoms with E-state index in [0.29, 0.717) is 10.0 Å². The van der Waals surface area contributed by atoms with Gasteiger partial charge in [-0.25, -0.2) is 0 Å². The van der Waals surface area contributed by atoms with Gasteiger partial charge in [-0.15, -0.1) is 0 Å². The zero-order valence-corrected chi connectivity index (χ0v) is 7.65. The summed E-state index contributed by atoms with van der Waals surface area (Å²) in [5.74, 6) is 0. The Hall–Kier alpha value is -0.240. The van der Waals surface area contributed by atoms with Crippen LogP contribution in [0.25, 0.3) is 0 Å². The van der Waals surface area contributed by atoms with E-state index in [2.05, 4.69) is 0 Å². The molecule has 1 aromatic rings. The van der Waals surface area contributed by atoms with Crippen LogP contribution in [-0.4, -0.2) is 0 Å². The molecule has 60 valence electrons. The number of benzene rings is 1. The maximum Gasteiger partial charge on any atom is 0.0639 e. The summed E-state index contributed by atoms with van der Waals surface area (Å²) in [4.78, 5) is 0. The molecule has 0 aliphatic rings. The Morgan fingerprint density at radius 3 is 2.45 bits per heavy atom. The SMILES string of the molecule is C[C@H](N)c1cccc(Cl)c1Cl. The maximum absolute atomic E-state index is 5.88. The summed E-state index contributed by atoms with van der Waals surface area (Å²) in [5.41, 5.74) is 6.53. The quantitative estimate of drug-likeness (QED) is 0.723. The first-order valence-corrected chi connectivity index (χ1v) is 4.08. The number of rotatable bonds is 1. The minimum Gasteiger partial charge on any atom is -0.324 e. The molecule has 0 amide bonds. The van der Waals surface area contributed by atoms with Crippen LogP contribution in [0.5, 0.6) is 0 Å². The fourth-order valence-electron chi connectivity index (χ4n) is 0.872. The molecule has 3 heteroatoms. The molecule has 0 aliphatic carbocycles. The molecule has 0 aliphatic heterocycles. The molecule has 1 atom stereocenters. The molecule has 0 unspecified atom stereocenters. The highest BCUT2D eigenvalue weighted by Gasteiger charge is 2.06. The fourth-order valence-corrected chi connectivity index (χ4v) is 1.35. The van der Waals surface area contributed by atoms with Crippen LogP contribution in [0.15, 0.2) is 18.2 Å². The summed E-state index contributed by atoms with van der Waals surface area (Å²) >= 11 is 11.6. The van der Waals surface area contributed by atoms with Gasteiger partial charge in [0.2, 0.25) is 0 Å². The van der Waals surface area contributed by atoms with Gasteiger partial charge in [-0.05, 0) is 18.6 Å². The number of hydrogen-bond acceptors (Lipinski definition) is 1. The van der Waals surface area contributed by atoms with Gasteiger partial charge in [0.25, 0.3) is 0 Å².